The molecule has 0 spiro atoms. The number of hydrogen-bond acceptors (Lipinski definition) is 7. The smallest absolute Gasteiger partial charge is 0.250 e. The van der Waals surface area contributed by atoms with Crippen LogP contribution in [0.3, 0.4) is 0 Å². The van der Waals surface area contributed by atoms with Crippen molar-refractivity contribution in [3.63, 3.8) is 0 Å². The molecule has 1 aromatic carbocycles. The van der Waals surface area contributed by atoms with E-state index in [1.54, 1.807) is 32.4 Å². The van der Waals surface area contributed by atoms with Gasteiger partial charge in [0.05, 0.1) is 14.2 Å². The van der Waals surface area contributed by atoms with Crippen molar-refractivity contribution in [2.75, 3.05) is 26.1 Å². The Morgan fingerprint density at radius 1 is 1.25 bits per heavy atom. The van der Waals surface area contributed by atoms with Gasteiger partial charge in [-0.15, -0.1) is 10.2 Å². The first kappa shape index (κ1) is 17.9. The number of nitrogens with one attached hydrogen (secondary N) is 1. The predicted molar refractivity (Wildman–Crippen MR) is 92.4 cm³/mol. The number of hydrogen-bond donors (Lipinski definition) is 1. The highest BCUT2D eigenvalue weighted by Crippen LogP contribution is 2.28. The van der Waals surface area contributed by atoms with Gasteiger partial charge < -0.3 is 14.2 Å². The van der Waals surface area contributed by atoms with Crippen molar-refractivity contribution >= 4 is 28.5 Å². The minimum absolute atomic E-state index is 0.288. The molecule has 24 heavy (non-hydrogen) atoms. The molecule has 0 saturated carbocycles. The largest absolute Gasteiger partial charge is 0.493 e. The van der Waals surface area contributed by atoms with Crippen LogP contribution in [0.2, 0.25) is 0 Å². The molecule has 8 heteroatoms. The molecule has 0 aliphatic heterocycles. The van der Waals surface area contributed by atoms with Crippen LogP contribution in [-0.4, -0.2) is 36.9 Å². The Morgan fingerprint density at radius 3 is 2.75 bits per heavy atom. The lowest BCUT2D eigenvalue weighted by Crippen LogP contribution is -2.07. The second-order valence-corrected chi connectivity index (χ2v) is 5.64. The monoisotopic (exact) mass is 349 g/mol. The first-order valence-corrected chi connectivity index (χ1v) is 8.09. The van der Waals surface area contributed by atoms with E-state index in [1.165, 1.54) is 17.4 Å². The van der Waals surface area contributed by atoms with Gasteiger partial charge in [0.1, 0.15) is 11.6 Å². The number of aromatic nitrogens is 2. The Labute approximate surface area is 144 Å². The average Bonchev–Trinajstić information content (AvgIpc) is 3.05. The Balaban J connectivity index is 1.96. The molecule has 1 N–H and O–H groups in total. The topological polar surface area (TPSA) is 82.6 Å². The molecule has 1 heterocycles. The number of carbonyl (C=O) groups excluding carboxylic acids is 1. The zero-order valence-corrected chi connectivity index (χ0v) is 14.6. The molecule has 0 fully saturated rings. The Bertz CT molecular complexity index is 715. The standard InChI is InChI=1S/C16H19N3O4S/c1-4-23-10-15-18-19-16(24-15)17-14(20)8-6-11-5-7-12(21-2)13(9-11)22-3/h5-9H,4,10H2,1-3H3,(H,17,19,20). The Morgan fingerprint density at radius 2 is 2.04 bits per heavy atom. The molecule has 1 aromatic heterocycles. The molecule has 0 atom stereocenters. The SMILES string of the molecule is CCOCc1nnc(NC(=O)C=Cc2ccc(OC)c(OC)c2)s1. The van der Waals surface area contributed by atoms with E-state index in [0.717, 1.165) is 10.6 Å². The van der Waals surface area contributed by atoms with Crippen LogP contribution in [-0.2, 0) is 16.1 Å². The molecule has 2 aromatic rings. The van der Waals surface area contributed by atoms with Gasteiger partial charge in [-0.3, -0.25) is 10.1 Å². The number of anilines is 1. The van der Waals surface area contributed by atoms with Gasteiger partial charge in [0.25, 0.3) is 0 Å². The van der Waals surface area contributed by atoms with Crippen LogP contribution >= 0.6 is 11.3 Å². The van der Waals surface area contributed by atoms with E-state index < -0.39 is 0 Å². The van der Waals surface area contributed by atoms with Gasteiger partial charge in [-0.25, -0.2) is 0 Å². The molecule has 0 bridgehead atoms. The van der Waals surface area contributed by atoms with E-state index in [0.29, 0.717) is 29.8 Å². The third-order valence-corrected chi connectivity index (χ3v) is 3.77. The van der Waals surface area contributed by atoms with Crippen molar-refractivity contribution < 1.29 is 19.0 Å². The zero-order valence-electron chi connectivity index (χ0n) is 13.7. The lowest BCUT2D eigenvalue weighted by Gasteiger charge is -2.07. The van der Waals surface area contributed by atoms with Gasteiger partial charge in [0.15, 0.2) is 11.5 Å². The van der Waals surface area contributed by atoms with Crippen molar-refractivity contribution in [2.45, 2.75) is 13.5 Å². The lowest BCUT2D eigenvalue weighted by atomic mass is 10.2. The number of amides is 1. The molecule has 1 amide bonds. The molecule has 0 radical (unpaired) electrons. The zero-order chi connectivity index (χ0) is 17.4. The summed E-state index contributed by atoms with van der Waals surface area (Å²) in [5.74, 6) is 0.948. The third kappa shape index (κ3) is 5.04. The fourth-order valence-electron chi connectivity index (χ4n) is 1.83. The predicted octanol–water partition coefficient (Wildman–Crippen LogP) is 2.74. The summed E-state index contributed by atoms with van der Waals surface area (Å²) in [4.78, 5) is 11.9. The highest BCUT2D eigenvalue weighted by atomic mass is 32.1. The molecular formula is C16H19N3O4S. The number of rotatable bonds is 8. The molecule has 0 aliphatic carbocycles. The fraction of sp³-hybridized carbons (Fsp3) is 0.312. The van der Waals surface area contributed by atoms with Gasteiger partial charge in [0.2, 0.25) is 11.0 Å². The minimum Gasteiger partial charge on any atom is -0.493 e. The summed E-state index contributed by atoms with van der Waals surface area (Å²) in [7, 11) is 3.13. The van der Waals surface area contributed by atoms with E-state index in [4.69, 9.17) is 14.2 Å². The van der Waals surface area contributed by atoms with Gasteiger partial charge in [0, 0.05) is 12.7 Å². The molecular weight excluding hydrogens is 330 g/mol. The molecule has 0 unspecified atom stereocenters. The van der Waals surface area contributed by atoms with E-state index in [-0.39, 0.29) is 5.91 Å². The van der Waals surface area contributed by atoms with Crippen molar-refractivity contribution in [2.24, 2.45) is 0 Å². The first-order valence-electron chi connectivity index (χ1n) is 7.27. The van der Waals surface area contributed by atoms with Gasteiger partial charge in [-0.2, -0.15) is 0 Å². The van der Waals surface area contributed by atoms with Gasteiger partial charge >= 0.3 is 0 Å². The van der Waals surface area contributed by atoms with E-state index in [9.17, 15) is 4.79 Å². The van der Waals surface area contributed by atoms with Gasteiger partial charge in [-0.1, -0.05) is 17.4 Å². The van der Waals surface area contributed by atoms with Crippen molar-refractivity contribution in [1.29, 1.82) is 0 Å². The summed E-state index contributed by atoms with van der Waals surface area (Å²) >= 11 is 1.28. The summed E-state index contributed by atoms with van der Waals surface area (Å²) < 4.78 is 15.6. The molecule has 128 valence electrons. The highest BCUT2D eigenvalue weighted by Gasteiger charge is 2.07. The van der Waals surface area contributed by atoms with E-state index >= 15 is 0 Å². The quantitative estimate of drug-likeness (QED) is 0.738. The van der Waals surface area contributed by atoms with Crippen molar-refractivity contribution in [1.82, 2.24) is 10.2 Å². The number of ether oxygens (including phenoxy) is 3. The fourth-order valence-corrected chi connectivity index (χ4v) is 2.51. The maximum Gasteiger partial charge on any atom is 0.250 e. The normalized spacial score (nSPS) is 10.8. The number of carbonyl (C=O) groups is 1. The summed E-state index contributed by atoms with van der Waals surface area (Å²) in [5, 5.41) is 11.7. The van der Waals surface area contributed by atoms with Gasteiger partial charge in [-0.05, 0) is 30.7 Å². The highest BCUT2D eigenvalue weighted by molar-refractivity contribution is 7.15. The van der Waals surface area contributed by atoms with Crippen LogP contribution in [0.5, 0.6) is 11.5 Å². The molecule has 0 aliphatic rings. The van der Waals surface area contributed by atoms with Crippen LogP contribution in [0, 0.1) is 0 Å². The average molecular weight is 349 g/mol. The van der Waals surface area contributed by atoms with Crippen LogP contribution in [0.25, 0.3) is 6.08 Å². The maximum absolute atomic E-state index is 11.9. The van der Waals surface area contributed by atoms with Crippen LogP contribution in [0.15, 0.2) is 24.3 Å². The maximum atomic E-state index is 11.9. The summed E-state index contributed by atoms with van der Waals surface area (Å²) in [6.07, 6.45) is 3.10. The number of benzene rings is 1. The number of nitrogens with zero attached hydrogens (tertiary/aromatic N) is 2. The summed E-state index contributed by atoms with van der Waals surface area (Å²) in [6, 6.07) is 5.39. The third-order valence-electron chi connectivity index (χ3n) is 2.96. The number of methoxy groups -OCH3 is 2. The molecule has 2 rings (SSSR count). The summed E-state index contributed by atoms with van der Waals surface area (Å²) in [5.41, 5.74) is 0.817. The first-order chi connectivity index (χ1) is 11.7. The Kier molecular flexibility index (Phi) is 6.71. The summed E-state index contributed by atoms with van der Waals surface area (Å²) in [6.45, 7) is 2.91. The van der Waals surface area contributed by atoms with Crippen molar-refractivity contribution in [3.05, 3.63) is 34.8 Å². The van der Waals surface area contributed by atoms with E-state index in [2.05, 4.69) is 15.5 Å². The molecule has 0 saturated heterocycles. The second-order valence-electron chi connectivity index (χ2n) is 4.58. The van der Waals surface area contributed by atoms with E-state index in [1.807, 2.05) is 13.0 Å². The van der Waals surface area contributed by atoms with Crippen molar-refractivity contribution in [3.8, 4) is 11.5 Å². The molecule has 7 nitrogen and oxygen atoms in total. The minimum atomic E-state index is -0.288. The van der Waals surface area contributed by atoms with Crippen LogP contribution in [0.1, 0.15) is 17.5 Å². The Hall–Kier alpha value is -2.45. The second kappa shape index (κ2) is 8.99. The lowest BCUT2D eigenvalue weighted by molar-refractivity contribution is -0.111. The van der Waals surface area contributed by atoms with Crippen LogP contribution in [0.4, 0.5) is 5.13 Å². The van der Waals surface area contributed by atoms with Crippen LogP contribution < -0.4 is 14.8 Å².